The number of halogens is 1. The number of nitrogens with zero attached hydrogens (tertiary/aromatic N) is 1. The average Bonchev–Trinajstić information content (AvgIpc) is 2.29. The molecule has 0 atom stereocenters. The number of hydrogen-bond donors (Lipinski definition) is 1. The summed E-state index contributed by atoms with van der Waals surface area (Å²) < 4.78 is 0. The Morgan fingerprint density at radius 1 is 1.29 bits per heavy atom. The second kappa shape index (κ2) is 4.87. The molecule has 0 aromatic heterocycles. The van der Waals surface area contributed by atoms with Crippen molar-refractivity contribution in [3.8, 4) is 0 Å². The molecular formula is C14H20ClNO. The third-order valence-electron chi connectivity index (χ3n) is 3.67. The minimum absolute atomic E-state index is 0.0514. The smallest absolute Gasteiger partial charge is 0.0702 e. The Hall–Kier alpha value is -0.730. The first-order chi connectivity index (χ1) is 8.02. The predicted octanol–water partition coefficient (Wildman–Crippen LogP) is 3.46. The molecule has 2 rings (SSSR count). The van der Waals surface area contributed by atoms with Crippen molar-refractivity contribution in [2.75, 3.05) is 18.0 Å². The number of piperidine rings is 1. The first-order valence-corrected chi connectivity index (χ1v) is 6.54. The van der Waals surface area contributed by atoms with Crippen LogP contribution in [0.25, 0.3) is 0 Å². The summed E-state index contributed by atoms with van der Waals surface area (Å²) >= 11 is 5.95. The van der Waals surface area contributed by atoms with E-state index < -0.39 is 0 Å². The topological polar surface area (TPSA) is 23.5 Å². The highest BCUT2D eigenvalue weighted by Gasteiger charge is 2.26. The molecule has 0 saturated carbocycles. The van der Waals surface area contributed by atoms with Gasteiger partial charge in [0.1, 0.15) is 0 Å². The van der Waals surface area contributed by atoms with Crippen LogP contribution in [0.1, 0.15) is 32.3 Å². The van der Waals surface area contributed by atoms with Crippen LogP contribution < -0.4 is 4.90 Å². The van der Waals surface area contributed by atoms with Crippen LogP contribution in [-0.4, -0.2) is 18.2 Å². The van der Waals surface area contributed by atoms with Gasteiger partial charge >= 0.3 is 0 Å². The highest BCUT2D eigenvalue weighted by Crippen LogP contribution is 2.34. The summed E-state index contributed by atoms with van der Waals surface area (Å²) in [6.07, 6.45) is 2.39. The van der Waals surface area contributed by atoms with Crippen molar-refractivity contribution in [3.63, 3.8) is 0 Å². The molecule has 0 amide bonds. The zero-order valence-electron chi connectivity index (χ0n) is 10.5. The Morgan fingerprint density at radius 3 is 2.53 bits per heavy atom. The van der Waals surface area contributed by atoms with E-state index in [1.165, 1.54) is 12.8 Å². The minimum Gasteiger partial charge on any atom is -0.392 e. The van der Waals surface area contributed by atoms with Gasteiger partial charge in [-0.25, -0.2) is 0 Å². The monoisotopic (exact) mass is 253 g/mol. The number of aliphatic hydroxyl groups is 1. The summed E-state index contributed by atoms with van der Waals surface area (Å²) in [5.74, 6) is 0. The molecular weight excluding hydrogens is 234 g/mol. The highest BCUT2D eigenvalue weighted by molar-refractivity contribution is 6.30. The SMILES string of the molecule is CC1(C)CCN(c2ccc(Cl)cc2CO)CC1. The van der Waals surface area contributed by atoms with Crippen LogP contribution in [0, 0.1) is 5.41 Å². The summed E-state index contributed by atoms with van der Waals surface area (Å²) in [5.41, 5.74) is 2.51. The van der Waals surface area contributed by atoms with Crippen LogP contribution in [-0.2, 0) is 6.61 Å². The molecule has 0 bridgehead atoms. The van der Waals surface area contributed by atoms with Gasteiger partial charge in [0.25, 0.3) is 0 Å². The van der Waals surface area contributed by atoms with Crippen molar-refractivity contribution in [2.24, 2.45) is 5.41 Å². The number of benzene rings is 1. The normalized spacial score (nSPS) is 19.4. The molecule has 1 heterocycles. The van der Waals surface area contributed by atoms with E-state index in [1.54, 1.807) is 0 Å². The zero-order valence-corrected chi connectivity index (χ0v) is 11.3. The molecule has 1 aliphatic heterocycles. The van der Waals surface area contributed by atoms with Gasteiger partial charge in [0.2, 0.25) is 0 Å². The van der Waals surface area contributed by atoms with E-state index in [9.17, 15) is 5.11 Å². The lowest BCUT2D eigenvalue weighted by Gasteiger charge is -2.39. The number of aliphatic hydroxyl groups excluding tert-OH is 1. The third-order valence-corrected chi connectivity index (χ3v) is 3.90. The standard InChI is InChI=1S/C14H20ClNO/c1-14(2)5-7-16(8-6-14)13-4-3-12(15)9-11(13)10-17/h3-4,9,17H,5-8,10H2,1-2H3. The van der Waals surface area contributed by atoms with E-state index in [2.05, 4.69) is 18.7 Å². The molecule has 17 heavy (non-hydrogen) atoms. The van der Waals surface area contributed by atoms with Gasteiger partial charge in [0, 0.05) is 29.4 Å². The fourth-order valence-electron chi connectivity index (χ4n) is 2.34. The third kappa shape index (κ3) is 2.93. The second-order valence-electron chi connectivity index (χ2n) is 5.58. The van der Waals surface area contributed by atoms with E-state index in [0.29, 0.717) is 10.4 Å². The first-order valence-electron chi connectivity index (χ1n) is 6.16. The van der Waals surface area contributed by atoms with Gasteiger partial charge in [-0.15, -0.1) is 0 Å². The summed E-state index contributed by atoms with van der Waals surface area (Å²) in [6, 6.07) is 5.78. The fourth-order valence-corrected chi connectivity index (χ4v) is 2.54. The maximum absolute atomic E-state index is 9.39. The Morgan fingerprint density at radius 2 is 1.94 bits per heavy atom. The Balaban J connectivity index is 2.18. The largest absolute Gasteiger partial charge is 0.392 e. The minimum atomic E-state index is 0.0514. The predicted molar refractivity (Wildman–Crippen MR) is 72.6 cm³/mol. The van der Waals surface area contributed by atoms with Crippen LogP contribution in [0.15, 0.2) is 18.2 Å². The van der Waals surface area contributed by atoms with E-state index in [0.717, 1.165) is 24.3 Å². The molecule has 1 aromatic carbocycles. The summed E-state index contributed by atoms with van der Waals surface area (Å²) in [7, 11) is 0. The van der Waals surface area contributed by atoms with Crippen LogP contribution in [0.2, 0.25) is 5.02 Å². The molecule has 1 fully saturated rings. The van der Waals surface area contributed by atoms with E-state index in [4.69, 9.17) is 11.6 Å². The maximum atomic E-state index is 9.39. The maximum Gasteiger partial charge on any atom is 0.0702 e. The van der Waals surface area contributed by atoms with E-state index >= 15 is 0 Å². The Labute approximate surface area is 108 Å². The molecule has 0 aliphatic carbocycles. The van der Waals surface area contributed by atoms with Crippen LogP contribution in [0.5, 0.6) is 0 Å². The highest BCUT2D eigenvalue weighted by atomic mass is 35.5. The lowest BCUT2D eigenvalue weighted by atomic mass is 9.82. The Bertz CT molecular complexity index is 393. The summed E-state index contributed by atoms with van der Waals surface area (Å²) in [6.45, 7) is 6.80. The van der Waals surface area contributed by atoms with Crippen molar-refractivity contribution in [2.45, 2.75) is 33.3 Å². The van der Waals surface area contributed by atoms with Crippen molar-refractivity contribution >= 4 is 17.3 Å². The lowest BCUT2D eigenvalue weighted by Crippen LogP contribution is -2.37. The van der Waals surface area contributed by atoms with Crippen molar-refractivity contribution in [1.29, 1.82) is 0 Å². The van der Waals surface area contributed by atoms with Crippen LogP contribution in [0.3, 0.4) is 0 Å². The Kier molecular flexibility index (Phi) is 3.64. The summed E-state index contributed by atoms with van der Waals surface area (Å²) in [4.78, 5) is 2.35. The van der Waals surface area contributed by atoms with Crippen LogP contribution >= 0.6 is 11.6 Å². The van der Waals surface area contributed by atoms with Gasteiger partial charge in [0.05, 0.1) is 6.61 Å². The van der Waals surface area contributed by atoms with Crippen molar-refractivity contribution in [3.05, 3.63) is 28.8 Å². The lowest BCUT2D eigenvalue weighted by molar-refractivity contribution is 0.273. The molecule has 3 heteroatoms. The zero-order chi connectivity index (χ0) is 12.5. The van der Waals surface area contributed by atoms with Gasteiger partial charge in [-0.05, 0) is 36.5 Å². The van der Waals surface area contributed by atoms with Crippen molar-refractivity contribution in [1.82, 2.24) is 0 Å². The quantitative estimate of drug-likeness (QED) is 0.873. The van der Waals surface area contributed by atoms with Gasteiger partial charge in [0.15, 0.2) is 0 Å². The van der Waals surface area contributed by atoms with Gasteiger partial charge in [-0.2, -0.15) is 0 Å². The molecule has 1 aromatic rings. The first kappa shape index (κ1) is 12.7. The van der Waals surface area contributed by atoms with Gasteiger partial charge < -0.3 is 10.0 Å². The average molecular weight is 254 g/mol. The molecule has 0 radical (unpaired) electrons. The number of hydrogen-bond acceptors (Lipinski definition) is 2. The molecule has 1 aliphatic rings. The second-order valence-corrected chi connectivity index (χ2v) is 6.02. The fraction of sp³-hybridized carbons (Fsp3) is 0.571. The van der Waals surface area contributed by atoms with E-state index in [-0.39, 0.29) is 6.61 Å². The molecule has 1 N–H and O–H groups in total. The molecule has 2 nitrogen and oxygen atoms in total. The molecule has 0 spiro atoms. The molecule has 94 valence electrons. The molecule has 0 unspecified atom stereocenters. The summed E-state index contributed by atoms with van der Waals surface area (Å²) in [5, 5.41) is 10.1. The molecule has 1 saturated heterocycles. The van der Waals surface area contributed by atoms with E-state index in [1.807, 2.05) is 18.2 Å². The van der Waals surface area contributed by atoms with Crippen LogP contribution in [0.4, 0.5) is 5.69 Å². The number of rotatable bonds is 2. The van der Waals surface area contributed by atoms with Crippen molar-refractivity contribution < 1.29 is 5.11 Å². The van der Waals surface area contributed by atoms with Gasteiger partial charge in [-0.3, -0.25) is 0 Å². The number of anilines is 1. The van der Waals surface area contributed by atoms with Gasteiger partial charge in [-0.1, -0.05) is 25.4 Å².